The Morgan fingerprint density at radius 3 is 2.56 bits per heavy atom. The number of ketones is 1. The zero-order valence-electron chi connectivity index (χ0n) is 14.1. The predicted octanol–water partition coefficient (Wildman–Crippen LogP) is 5.04. The number of amides is 1. The molecule has 1 amide bonds. The van der Waals surface area contributed by atoms with Crippen LogP contribution in [0.5, 0.6) is 0 Å². The largest absolute Gasteiger partial charge is 0.350 e. The van der Waals surface area contributed by atoms with Gasteiger partial charge in [-0.1, -0.05) is 55.8 Å². The van der Waals surface area contributed by atoms with E-state index < -0.39 is 0 Å². The monoisotopic (exact) mass is 354 g/mol. The molecule has 0 fully saturated rings. The molecule has 0 saturated heterocycles. The number of aromatic nitrogens is 1. The fourth-order valence-corrected chi connectivity index (χ4v) is 2.81. The second-order valence-electron chi connectivity index (χ2n) is 6.06. The van der Waals surface area contributed by atoms with Gasteiger partial charge in [0.1, 0.15) is 5.69 Å². The van der Waals surface area contributed by atoms with Crippen molar-refractivity contribution in [3.8, 4) is 0 Å². The lowest BCUT2D eigenvalue weighted by Crippen LogP contribution is -2.21. The van der Waals surface area contributed by atoms with Crippen molar-refractivity contribution in [3.05, 3.63) is 64.8 Å². The summed E-state index contributed by atoms with van der Waals surface area (Å²) in [7, 11) is 0. The lowest BCUT2D eigenvalue weighted by atomic mass is 10.1. The molecule has 1 heterocycles. The maximum atomic E-state index is 12.9. The van der Waals surface area contributed by atoms with Crippen molar-refractivity contribution < 1.29 is 9.59 Å². The first-order chi connectivity index (χ1) is 12.0. The summed E-state index contributed by atoms with van der Waals surface area (Å²) in [6.07, 6.45) is 0.724. The molecule has 4 nitrogen and oxygen atoms in total. The van der Waals surface area contributed by atoms with Crippen LogP contribution < -0.4 is 5.32 Å². The number of anilines is 1. The van der Waals surface area contributed by atoms with Crippen molar-refractivity contribution in [1.82, 2.24) is 4.98 Å². The van der Waals surface area contributed by atoms with Crippen LogP contribution in [0.2, 0.25) is 5.02 Å². The lowest BCUT2D eigenvalue weighted by molar-refractivity contribution is -0.119. The van der Waals surface area contributed by atoms with Crippen molar-refractivity contribution in [2.75, 3.05) is 5.32 Å². The second-order valence-corrected chi connectivity index (χ2v) is 6.50. The highest BCUT2D eigenvalue weighted by Gasteiger charge is 2.22. The zero-order chi connectivity index (χ0) is 18.0. The molecule has 25 heavy (non-hydrogen) atoms. The van der Waals surface area contributed by atoms with Crippen molar-refractivity contribution in [1.29, 1.82) is 0 Å². The van der Waals surface area contributed by atoms with E-state index in [1.807, 2.05) is 38.1 Å². The third-order valence-electron chi connectivity index (χ3n) is 4.33. The summed E-state index contributed by atoms with van der Waals surface area (Å²) < 4.78 is 0. The van der Waals surface area contributed by atoms with Gasteiger partial charge in [0.05, 0.1) is 5.69 Å². The van der Waals surface area contributed by atoms with E-state index in [0.29, 0.717) is 27.5 Å². The Balaban J connectivity index is 2.11. The number of hydrogen-bond donors (Lipinski definition) is 2. The van der Waals surface area contributed by atoms with Gasteiger partial charge in [-0.05, 0) is 24.6 Å². The predicted molar refractivity (Wildman–Crippen MR) is 101 cm³/mol. The number of hydrogen-bond acceptors (Lipinski definition) is 2. The van der Waals surface area contributed by atoms with Gasteiger partial charge >= 0.3 is 0 Å². The minimum atomic E-state index is -0.174. The third-order valence-corrected chi connectivity index (χ3v) is 4.57. The molecule has 5 heteroatoms. The van der Waals surface area contributed by atoms with E-state index in [1.165, 1.54) is 0 Å². The van der Waals surface area contributed by atoms with Crippen molar-refractivity contribution in [2.45, 2.75) is 20.3 Å². The summed E-state index contributed by atoms with van der Waals surface area (Å²) in [5, 5.41) is 4.25. The van der Waals surface area contributed by atoms with Crippen molar-refractivity contribution in [3.63, 3.8) is 0 Å². The van der Waals surface area contributed by atoms with Crippen LogP contribution in [-0.4, -0.2) is 16.7 Å². The number of carbonyl (C=O) groups excluding carboxylic acids is 2. The maximum absolute atomic E-state index is 12.9. The second kappa shape index (κ2) is 7.11. The number of fused-ring (bicyclic) bond motifs is 1. The number of aromatic amines is 1. The summed E-state index contributed by atoms with van der Waals surface area (Å²) in [5.74, 6) is -0.426. The first-order valence-corrected chi connectivity index (χ1v) is 8.61. The smallest absolute Gasteiger partial charge is 0.227 e. The van der Waals surface area contributed by atoms with Gasteiger partial charge in [0.2, 0.25) is 11.7 Å². The standard InChI is InChI=1S/C20H19ClN2O2/c1-3-12(2)20(25)23-17-15-10-9-14(21)11-16(15)22-18(17)19(24)13-7-5-4-6-8-13/h4-12,22H,3H2,1-2H3,(H,23,25). The van der Waals surface area contributed by atoms with E-state index in [4.69, 9.17) is 11.6 Å². The van der Waals surface area contributed by atoms with E-state index in [-0.39, 0.29) is 17.6 Å². The number of H-pyrrole nitrogens is 1. The molecule has 0 aliphatic heterocycles. The molecule has 128 valence electrons. The summed E-state index contributed by atoms with van der Waals surface area (Å²) >= 11 is 6.06. The number of carbonyl (C=O) groups is 2. The van der Waals surface area contributed by atoms with Crippen molar-refractivity contribution in [2.24, 2.45) is 5.92 Å². The van der Waals surface area contributed by atoms with Crippen LogP contribution in [0, 0.1) is 5.92 Å². The van der Waals surface area contributed by atoms with Gasteiger partial charge in [0.25, 0.3) is 0 Å². The first kappa shape index (κ1) is 17.2. The Morgan fingerprint density at radius 2 is 1.88 bits per heavy atom. The summed E-state index contributed by atoms with van der Waals surface area (Å²) in [6, 6.07) is 14.3. The van der Waals surface area contributed by atoms with Gasteiger partial charge in [0.15, 0.2) is 0 Å². The topological polar surface area (TPSA) is 62.0 Å². The highest BCUT2D eigenvalue weighted by Crippen LogP contribution is 2.31. The molecule has 1 atom stereocenters. The van der Waals surface area contributed by atoms with Crippen LogP contribution in [0.15, 0.2) is 48.5 Å². The van der Waals surface area contributed by atoms with Gasteiger partial charge in [-0.25, -0.2) is 0 Å². The van der Waals surface area contributed by atoms with E-state index in [2.05, 4.69) is 10.3 Å². The van der Waals surface area contributed by atoms with Crippen LogP contribution in [0.1, 0.15) is 36.3 Å². The fraction of sp³-hybridized carbons (Fsp3) is 0.200. The Bertz CT molecular complexity index is 932. The van der Waals surface area contributed by atoms with Gasteiger partial charge in [-0.15, -0.1) is 0 Å². The Labute approximate surface area is 151 Å². The van der Waals surface area contributed by atoms with Crippen LogP contribution in [0.4, 0.5) is 5.69 Å². The molecule has 1 unspecified atom stereocenters. The van der Waals surface area contributed by atoms with Crippen LogP contribution in [-0.2, 0) is 4.79 Å². The van der Waals surface area contributed by atoms with E-state index >= 15 is 0 Å². The number of rotatable bonds is 5. The van der Waals surface area contributed by atoms with Gasteiger partial charge < -0.3 is 10.3 Å². The SMILES string of the molecule is CCC(C)C(=O)Nc1c(C(=O)c2ccccc2)[nH]c2cc(Cl)ccc12. The molecule has 0 radical (unpaired) electrons. The molecule has 0 spiro atoms. The van der Waals surface area contributed by atoms with Crippen molar-refractivity contribution >= 4 is 39.9 Å². The van der Waals surface area contributed by atoms with Gasteiger partial charge in [-0.2, -0.15) is 0 Å². The molecule has 3 rings (SSSR count). The molecular formula is C20H19ClN2O2. The summed E-state index contributed by atoms with van der Waals surface area (Å²) in [4.78, 5) is 28.4. The number of nitrogens with one attached hydrogen (secondary N) is 2. The molecule has 2 aromatic carbocycles. The van der Waals surface area contributed by atoms with E-state index in [0.717, 1.165) is 11.8 Å². The van der Waals surface area contributed by atoms with Gasteiger partial charge in [0, 0.05) is 27.4 Å². The fourth-order valence-electron chi connectivity index (χ4n) is 2.64. The normalized spacial score (nSPS) is 12.1. The molecule has 0 bridgehead atoms. The van der Waals surface area contributed by atoms with Crippen LogP contribution in [0.25, 0.3) is 10.9 Å². The third kappa shape index (κ3) is 3.44. The quantitative estimate of drug-likeness (QED) is 0.631. The number of benzene rings is 2. The summed E-state index contributed by atoms with van der Waals surface area (Å²) in [5.41, 5.74) is 2.14. The molecule has 0 aliphatic rings. The molecule has 2 N–H and O–H groups in total. The van der Waals surface area contributed by atoms with Gasteiger partial charge in [-0.3, -0.25) is 9.59 Å². The number of halogens is 1. The van der Waals surface area contributed by atoms with E-state index in [9.17, 15) is 9.59 Å². The highest BCUT2D eigenvalue weighted by atomic mass is 35.5. The van der Waals surface area contributed by atoms with Crippen LogP contribution in [0.3, 0.4) is 0 Å². The molecular weight excluding hydrogens is 336 g/mol. The average Bonchev–Trinajstić information content (AvgIpc) is 2.98. The zero-order valence-corrected chi connectivity index (χ0v) is 14.9. The first-order valence-electron chi connectivity index (χ1n) is 8.23. The summed E-state index contributed by atoms with van der Waals surface area (Å²) in [6.45, 7) is 3.81. The molecule has 1 aromatic heterocycles. The lowest BCUT2D eigenvalue weighted by Gasteiger charge is -2.11. The molecule has 0 aliphatic carbocycles. The Morgan fingerprint density at radius 1 is 1.16 bits per heavy atom. The average molecular weight is 355 g/mol. The Hall–Kier alpha value is -2.59. The van der Waals surface area contributed by atoms with Crippen LogP contribution >= 0.6 is 11.6 Å². The molecule has 0 saturated carbocycles. The molecule has 3 aromatic rings. The van der Waals surface area contributed by atoms with E-state index in [1.54, 1.807) is 24.3 Å². The Kier molecular flexibility index (Phi) is 4.91. The highest BCUT2D eigenvalue weighted by molar-refractivity contribution is 6.31. The minimum absolute atomic E-state index is 0.111. The minimum Gasteiger partial charge on any atom is -0.350 e. The maximum Gasteiger partial charge on any atom is 0.227 e.